The molecule has 0 unspecified atom stereocenters. The summed E-state index contributed by atoms with van der Waals surface area (Å²) < 4.78 is 0. The predicted octanol–water partition coefficient (Wildman–Crippen LogP) is 3.01. The molecule has 0 bridgehead atoms. The zero-order valence-electron chi connectivity index (χ0n) is 12.9. The molecule has 0 aromatic heterocycles. The Morgan fingerprint density at radius 3 is 2.53 bits per heavy atom. The zero-order valence-corrected chi connectivity index (χ0v) is 12.9. The molecule has 3 heteroatoms. The number of benzene rings is 1. The largest absolute Gasteiger partial charge is 0.357 e. The smallest absolute Gasteiger partial charge is 0.191 e. The second-order valence-corrected chi connectivity index (χ2v) is 5.40. The summed E-state index contributed by atoms with van der Waals surface area (Å²) in [6.45, 7) is 13.3. The molecule has 0 radical (unpaired) electrons. The molecule has 0 atom stereocenters. The molecule has 1 rings (SSSR count). The number of hydrogen-bond donors (Lipinski definition) is 2. The van der Waals surface area contributed by atoms with E-state index in [2.05, 4.69) is 68.4 Å². The van der Waals surface area contributed by atoms with Crippen molar-refractivity contribution < 1.29 is 0 Å². The van der Waals surface area contributed by atoms with Crippen molar-refractivity contribution in [2.24, 2.45) is 10.9 Å². The van der Waals surface area contributed by atoms with Gasteiger partial charge in [0.2, 0.25) is 0 Å². The summed E-state index contributed by atoms with van der Waals surface area (Å²) in [6.07, 6.45) is 0. The maximum atomic E-state index is 4.64. The molecule has 0 amide bonds. The van der Waals surface area contributed by atoms with Gasteiger partial charge in [-0.2, -0.15) is 0 Å². The number of nitrogens with one attached hydrogen (secondary N) is 2. The van der Waals surface area contributed by atoms with Crippen LogP contribution >= 0.6 is 0 Å². The van der Waals surface area contributed by atoms with Crippen molar-refractivity contribution in [3.8, 4) is 0 Å². The van der Waals surface area contributed by atoms with E-state index in [-0.39, 0.29) is 0 Å². The van der Waals surface area contributed by atoms with Gasteiger partial charge >= 0.3 is 0 Å². The van der Waals surface area contributed by atoms with E-state index >= 15 is 0 Å². The van der Waals surface area contributed by atoms with E-state index in [0.717, 1.165) is 25.6 Å². The molecule has 106 valence electrons. The first kappa shape index (κ1) is 15.5. The lowest BCUT2D eigenvalue weighted by Gasteiger charge is -2.13. The Hall–Kier alpha value is -1.51. The molecular formula is C16H27N3. The molecule has 0 aliphatic rings. The van der Waals surface area contributed by atoms with Gasteiger partial charge in [0.15, 0.2) is 5.96 Å². The van der Waals surface area contributed by atoms with E-state index in [1.54, 1.807) is 0 Å². The average Bonchev–Trinajstić information content (AvgIpc) is 2.34. The number of hydrogen-bond acceptors (Lipinski definition) is 1. The minimum absolute atomic E-state index is 0.616. The van der Waals surface area contributed by atoms with Crippen LogP contribution in [0.15, 0.2) is 23.2 Å². The Labute approximate surface area is 117 Å². The van der Waals surface area contributed by atoms with Crippen molar-refractivity contribution in [1.29, 1.82) is 0 Å². The fraction of sp³-hybridized carbons (Fsp3) is 0.562. The van der Waals surface area contributed by atoms with Gasteiger partial charge in [-0.25, -0.2) is 4.99 Å². The number of guanidine groups is 1. The molecule has 0 heterocycles. The van der Waals surface area contributed by atoms with Gasteiger partial charge in [0.05, 0.1) is 6.54 Å². The third-order valence-electron chi connectivity index (χ3n) is 2.93. The molecule has 2 N–H and O–H groups in total. The third kappa shape index (κ3) is 5.77. The first-order valence-electron chi connectivity index (χ1n) is 7.11. The van der Waals surface area contributed by atoms with Crippen molar-refractivity contribution in [3.05, 3.63) is 34.9 Å². The highest BCUT2D eigenvalue weighted by molar-refractivity contribution is 5.79. The summed E-state index contributed by atoms with van der Waals surface area (Å²) in [7, 11) is 0. The van der Waals surface area contributed by atoms with Crippen molar-refractivity contribution in [2.45, 2.75) is 41.2 Å². The molecule has 19 heavy (non-hydrogen) atoms. The molecule has 0 aliphatic heterocycles. The molecule has 1 aromatic rings. The van der Waals surface area contributed by atoms with Crippen molar-refractivity contribution in [2.75, 3.05) is 13.1 Å². The van der Waals surface area contributed by atoms with E-state index < -0.39 is 0 Å². The summed E-state index contributed by atoms with van der Waals surface area (Å²) in [6, 6.07) is 6.52. The Balaban J connectivity index is 2.68. The van der Waals surface area contributed by atoms with Crippen LogP contribution < -0.4 is 10.6 Å². The fourth-order valence-corrected chi connectivity index (χ4v) is 1.83. The monoisotopic (exact) mass is 261 g/mol. The van der Waals surface area contributed by atoms with Gasteiger partial charge in [-0.3, -0.25) is 0 Å². The fourth-order valence-electron chi connectivity index (χ4n) is 1.83. The van der Waals surface area contributed by atoms with Crippen LogP contribution in [0.2, 0.25) is 0 Å². The minimum atomic E-state index is 0.616. The van der Waals surface area contributed by atoms with Crippen LogP contribution in [0.3, 0.4) is 0 Å². The summed E-state index contributed by atoms with van der Waals surface area (Å²) in [5.41, 5.74) is 3.89. The number of aliphatic imine (C=N–C) groups is 1. The molecule has 0 fully saturated rings. The van der Waals surface area contributed by atoms with Crippen LogP contribution in [-0.4, -0.2) is 19.0 Å². The lowest BCUT2D eigenvalue weighted by atomic mass is 10.1. The Morgan fingerprint density at radius 1 is 1.21 bits per heavy atom. The third-order valence-corrected chi connectivity index (χ3v) is 2.93. The maximum absolute atomic E-state index is 4.64. The van der Waals surface area contributed by atoms with Gasteiger partial charge in [0.1, 0.15) is 0 Å². The van der Waals surface area contributed by atoms with Gasteiger partial charge in [0.25, 0.3) is 0 Å². The van der Waals surface area contributed by atoms with Gasteiger partial charge in [0, 0.05) is 13.1 Å². The van der Waals surface area contributed by atoms with Crippen LogP contribution in [0.1, 0.15) is 37.5 Å². The van der Waals surface area contributed by atoms with Gasteiger partial charge in [-0.15, -0.1) is 0 Å². The molecule has 1 aromatic carbocycles. The summed E-state index contributed by atoms with van der Waals surface area (Å²) in [5.74, 6) is 1.51. The highest BCUT2D eigenvalue weighted by Gasteiger charge is 2.01. The molecule has 3 nitrogen and oxygen atoms in total. The first-order chi connectivity index (χ1) is 9.02. The summed E-state index contributed by atoms with van der Waals surface area (Å²) in [5, 5.41) is 6.64. The van der Waals surface area contributed by atoms with E-state index in [9.17, 15) is 0 Å². The quantitative estimate of drug-likeness (QED) is 0.631. The highest BCUT2D eigenvalue weighted by atomic mass is 15.2. The molecule has 0 spiro atoms. The van der Waals surface area contributed by atoms with Gasteiger partial charge in [-0.1, -0.05) is 37.6 Å². The Bertz CT molecular complexity index is 422. The number of rotatable bonds is 5. The van der Waals surface area contributed by atoms with Gasteiger partial charge in [-0.05, 0) is 37.8 Å². The van der Waals surface area contributed by atoms with Crippen LogP contribution in [0.25, 0.3) is 0 Å². The van der Waals surface area contributed by atoms with Crippen LogP contribution in [0.5, 0.6) is 0 Å². The standard InChI is InChI=1S/C16H27N3/c1-6-17-16(18-10-12(2)3)19-11-15-8-7-13(4)9-14(15)5/h7-9,12H,6,10-11H2,1-5H3,(H2,17,18,19). The summed E-state index contributed by atoms with van der Waals surface area (Å²) in [4.78, 5) is 4.64. The van der Waals surface area contributed by atoms with Crippen molar-refractivity contribution in [3.63, 3.8) is 0 Å². The lowest BCUT2D eigenvalue weighted by molar-refractivity contribution is 0.615. The molecule has 0 saturated heterocycles. The number of aryl methyl sites for hydroxylation is 2. The van der Waals surface area contributed by atoms with Crippen molar-refractivity contribution >= 4 is 5.96 Å². The minimum Gasteiger partial charge on any atom is -0.357 e. The molecule has 0 aliphatic carbocycles. The zero-order chi connectivity index (χ0) is 14.3. The topological polar surface area (TPSA) is 36.4 Å². The normalized spacial score (nSPS) is 11.8. The predicted molar refractivity (Wildman–Crippen MR) is 83.6 cm³/mol. The van der Waals surface area contributed by atoms with E-state index in [4.69, 9.17) is 0 Å². The average molecular weight is 261 g/mol. The van der Waals surface area contributed by atoms with Crippen LogP contribution in [0.4, 0.5) is 0 Å². The van der Waals surface area contributed by atoms with Gasteiger partial charge < -0.3 is 10.6 Å². The van der Waals surface area contributed by atoms with Crippen molar-refractivity contribution in [1.82, 2.24) is 10.6 Å². The second kappa shape index (κ2) is 7.82. The van der Waals surface area contributed by atoms with Crippen LogP contribution in [0, 0.1) is 19.8 Å². The second-order valence-electron chi connectivity index (χ2n) is 5.40. The number of nitrogens with zero attached hydrogens (tertiary/aromatic N) is 1. The molecular weight excluding hydrogens is 234 g/mol. The summed E-state index contributed by atoms with van der Waals surface area (Å²) >= 11 is 0. The van der Waals surface area contributed by atoms with E-state index in [0.29, 0.717) is 5.92 Å². The maximum Gasteiger partial charge on any atom is 0.191 e. The van der Waals surface area contributed by atoms with Crippen LogP contribution in [-0.2, 0) is 6.54 Å². The van der Waals surface area contributed by atoms with E-state index in [1.807, 2.05) is 0 Å². The Kier molecular flexibility index (Phi) is 6.40. The molecule has 0 saturated carbocycles. The lowest BCUT2D eigenvalue weighted by Crippen LogP contribution is -2.39. The SMILES string of the molecule is CCNC(=NCc1ccc(C)cc1C)NCC(C)C. The highest BCUT2D eigenvalue weighted by Crippen LogP contribution is 2.11. The Morgan fingerprint density at radius 2 is 1.95 bits per heavy atom. The van der Waals surface area contributed by atoms with E-state index in [1.165, 1.54) is 16.7 Å². The first-order valence-corrected chi connectivity index (χ1v) is 7.11.